The molecule has 0 aliphatic carbocycles. The van der Waals surface area contributed by atoms with Crippen molar-refractivity contribution in [1.82, 2.24) is 4.98 Å². The molecule has 5 heteroatoms. The molecule has 1 aromatic heterocycles. The maximum atomic E-state index is 11.8. The van der Waals surface area contributed by atoms with Crippen molar-refractivity contribution < 1.29 is 19.8 Å². The average Bonchev–Trinajstić information content (AvgIpc) is 2.54. The van der Waals surface area contributed by atoms with Crippen LogP contribution in [-0.2, 0) is 11.2 Å². The number of carboxylic acid groups (broad SMARTS) is 2. The van der Waals surface area contributed by atoms with Gasteiger partial charge in [0, 0.05) is 16.5 Å². The van der Waals surface area contributed by atoms with Gasteiger partial charge < -0.3 is 10.2 Å². The Morgan fingerprint density at radius 1 is 1.00 bits per heavy atom. The summed E-state index contributed by atoms with van der Waals surface area (Å²) in [6.07, 6.45) is -0.400. The third-order valence-electron chi connectivity index (χ3n) is 3.86. The fourth-order valence-corrected chi connectivity index (χ4v) is 2.77. The predicted molar refractivity (Wildman–Crippen MR) is 90.2 cm³/mol. The highest BCUT2D eigenvalue weighted by Crippen LogP contribution is 2.31. The van der Waals surface area contributed by atoms with Crippen LogP contribution >= 0.6 is 0 Å². The molecule has 0 atom stereocenters. The minimum atomic E-state index is -1.15. The topological polar surface area (TPSA) is 87.5 Å². The van der Waals surface area contributed by atoms with Gasteiger partial charge in [-0.15, -0.1) is 0 Å². The van der Waals surface area contributed by atoms with Gasteiger partial charge in [-0.25, -0.2) is 9.78 Å². The maximum Gasteiger partial charge on any atom is 0.336 e. The number of carboxylic acids is 2. The van der Waals surface area contributed by atoms with Crippen molar-refractivity contribution >= 4 is 22.8 Å². The molecule has 3 aromatic rings. The summed E-state index contributed by atoms with van der Waals surface area (Å²) in [5.74, 6) is -2.25. The summed E-state index contributed by atoms with van der Waals surface area (Å²) in [4.78, 5) is 27.7. The summed E-state index contributed by atoms with van der Waals surface area (Å²) in [5, 5.41) is 19.4. The van der Waals surface area contributed by atoms with E-state index in [2.05, 4.69) is 4.98 Å². The second-order valence-electron chi connectivity index (χ2n) is 5.57. The van der Waals surface area contributed by atoms with Crippen LogP contribution in [0.5, 0.6) is 0 Å². The van der Waals surface area contributed by atoms with Crippen molar-refractivity contribution in [3.63, 3.8) is 0 Å². The molecule has 1 heterocycles. The lowest BCUT2D eigenvalue weighted by molar-refractivity contribution is -0.136. The highest BCUT2D eigenvalue weighted by atomic mass is 16.4. The van der Waals surface area contributed by atoms with Gasteiger partial charge in [-0.3, -0.25) is 4.79 Å². The molecule has 0 bridgehead atoms. The highest BCUT2D eigenvalue weighted by Gasteiger charge is 2.22. The Morgan fingerprint density at radius 2 is 1.67 bits per heavy atom. The van der Waals surface area contributed by atoms with Crippen molar-refractivity contribution in [3.8, 4) is 11.3 Å². The lowest BCUT2D eigenvalue weighted by Gasteiger charge is -2.14. The number of nitrogens with zero attached hydrogens (tertiary/aromatic N) is 1. The van der Waals surface area contributed by atoms with E-state index >= 15 is 0 Å². The van der Waals surface area contributed by atoms with Gasteiger partial charge >= 0.3 is 11.9 Å². The Kier molecular flexibility index (Phi) is 4.00. The number of aromatic nitrogens is 1. The van der Waals surface area contributed by atoms with Crippen molar-refractivity contribution in [2.24, 2.45) is 0 Å². The zero-order valence-corrected chi connectivity index (χ0v) is 13.0. The summed E-state index contributed by atoms with van der Waals surface area (Å²) in [6.45, 7) is 1.94. The van der Waals surface area contributed by atoms with E-state index in [1.54, 1.807) is 24.3 Å². The van der Waals surface area contributed by atoms with E-state index in [1.807, 2.05) is 31.2 Å². The molecule has 24 heavy (non-hydrogen) atoms. The fourth-order valence-electron chi connectivity index (χ4n) is 2.77. The standard InChI is InChI=1S/C19H15NO4/c1-11-6-8-12(9-7-11)18-14(10-16(21)22)17(19(23)24)13-4-2-3-5-15(13)20-18/h2-9H,10H2,1H3,(H,21,22)(H,23,24). The molecular formula is C19H15NO4. The van der Waals surface area contributed by atoms with Gasteiger partial charge in [-0.1, -0.05) is 48.0 Å². The number of carbonyl (C=O) groups is 2. The smallest absolute Gasteiger partial charge is 0.336 e. The first-order valence-corrected chi connectivity index (χ1v) is 7.41. The summed E-state index contributed by atoms with van der Waals surface area (Å²) in [6, 6.07) is 14.3. The normalized spacial score (nSPS) is 10.7. The van der Waals surface area contributed by atoms with Gasteiger partial charge in [-0.05, 0) is 13.0 Å². The molecule has 0 saturated carbocycles. The lowest BCUT2D eigenvalue weighted by atomic mass is 9.94. The van der Waals surface area contributed by atoms with E-state index in [0.717, 1.165) is 5.56 Å². The Bertz CT molecular complexity index is 945. The molecule has 0 unspecified atom stereocenters. The quantitative estimate of drug-likeness (QED) is 0.767. The van der Waals surface area contributed by atoms with Crippen LogP contribution in [0.2, 0.25) is 0 Å². The molecule has 2 N–H and O–H groups in total. The molecule has 0 fully saturated rings. The first kappa shape index (κ1) is 15.7. The number of rotatable bonds is 4. The van der Waals surface area contributed by atoms with E-state index in [1.165, 1.54) is 0 Å². The highest BCUT2D eigenvalue weighted by molar-refractivity contribution is 6.06. The summed E-state index contributed by atoms with van der Waals surface area (Å²) in [7, 11) is 0. The Balaban J connectivity index is 2.40. The van der Waals surface area contributed by atoms with Crippen LogP contribution < -0.4 is 0 Å². The van der Waals surface area contributed by atoms with Gasteiger partial charge in [0.2, 0.25) is 0 Å². The number of para-hydroxylation sites is 1. The Morgan fingerprint density at radius 3 is 2.29 bits per heavy atom. The third kappa shape index (κ3) is 2.84. The second-order valence-corrected chi connectivity index (χ2v) is 5.57. The van der Waals surface area contributed by atoms with Crippen molar-refractivity contribution in [1.29, 1.82) is 0 Å². The number of aromatic carboxylic acids is 1. The Labute approximate surface area is 138 Å². The van der Waals surface area contributed by atoms with Crippen LogP contribution in [0.15, 0.2) is 48.5 Å². The van der Waals surface area contributed by atoms with Gasteiger partial charge in [0.15, 0.2) is 0 Å². The maximum absolute atomic E-state index is 11.8. The molecule has 0 aliphatic heterocycles. The van der Waals surface area contributed by atoms with E-state index in [-0.39, 0.29) is 11.1 Å². The third-order valence-corrected chi connectivity index (χ3v) is 3.86. The molecule has 3 rings (SSSR count). The van der Waals surface area contributed by atoms with Crippen molar-refractivity contribution in [2.75, 3.05) is 0 Å². The SMILES string of the molecule is Cc1ccc(-c2nc3ccccc3c(C(=O)O)c2CC(=O)O)cc1. The first-order valence-electron chi connectivity index (χ1n) is 7.41. The molecule has 0 radical (unpaired) electrons. The van der Waals surface area contributed by atoms with E-state index in [9.17, 15) is 19.8 Å². The minimum absolute atomic E-state index is 0.00132. The predicted octanol–water partition coefficient (Wildman–Crippen LogP) is 3.54. The van der Waals surface area contributed by atoms with Crippen molar-refractivity contribution in [2.45, 2.75) is 13.3 Å². The number of hydrogen-bond acceptors (Lipinski definition) is 3. The lowest BCUT2D eigenvalue weighted by Crippen LogP contribution is -2.12. The molecule has 5 nitrogen and oxygen atoms in total. The van der Waals surface area contributed by atoms with Crippen LogP contribution in [0.4, 0.5) is 0 Å². The number of fused-ring (bicyclic) bond motifs is 1. The van der Waals surface area contributed by atoms with Crippen LogP contribution in [0, 0.1) is 6.92 Å². The van der Waals surface area contributed by atoms with Crippen LogP contribution in [0.3, 0.4) is 0 Å². The number of benzene rings is 2. The average molecular weight is 321 g/mol. The second kappa shape index (κ2) is 6.12. The summed E-state index contributed by atoms with van der Waals surface area (Å²) >= 11 is 0. The van der Waals surface area contributed by atoms with Crippen LogP contribution in [0.1, 0.15) is 21.5 Å². The van der Waals surface area contributed by atoms with Gasteiger partial charge in [-0.2, -0.15) is 0 Å². The molecule has 0 saturated heterocycles. The largest absolute Gasteiger partial charge is 0.481 e. The summed E-state index contributed by atoms with van der Waals surface area (Å²) < 4.78 is 0. The van der Waals surface area contributed by atoms with E-state index < -0.39 is 18.4 Å². The monoisotopic (exact) mass is 321 g/mol. The number of aliphatic carboxylic acids is 1. The summed E-state index contributed by atoms with van der Waals surface area (Å²) in [5.41, 5.74) is 2.90. The molecule has 0 aliphatic rings. The van der Waals surface area contributed by atoms with Gasteiger partial charge in [0.25, 0.3) is 0 Å². The zero-order valence-electron chi connectivity index (χ0n) is 13.0. The Hall–Kier alpha value is -3.21. The first-order chi connectivity index (χ1) is 11.5. The molecule has 120 valence electrons. The number of pyridine rings is 1. The zero-order chi connectivity index (χ0) is 17.3. The molecule has 0 amide bonds. The van der Waals surface area contributed by atoms with Crippen LogP contribution in [0.25, 0.3) is 22.2 Å². The number of hydrogen-bond donors (Lipinski definition) is 2. The van der Waals surface area contributed by atoms with E-state index in [0.29, 0.717) is 22.2 Å². The van der Waals surface area contributed by atoms with E-state index in [4.69, 9.17) is 0 Å². The van der Waals surface area contributed by atoms with Crippen molar-refractivity contribution in [3.05, 3.63) is 65.2 Å². The number of aryl methyl sites for hydroxylation is 1. The van der Waals surface area contributed by atoms with Gasteiger partial charge in [0.1, 0.15) is 0 Å². The van der Waals surface area contributed by atoms with Gasteiger partial charge in [0.05, 0.1) is 23.2 Å². The van der Waals surface area contributed by atoms with Crippen LogP contribution in [-0.4, -0.2) is 27.1 Å². The molecule has 0 spiro atoms. The molecular weight excluding hydrogens is 306 g/mol. The fraction of sp³-hybridized carbons (Fsp3) is 0.105. The molecule has 2 aromatic carbocycles. The minimum Gasteiger partial charge on any atom is -0.481 e.